The van der Waals surface area contributed by atoms with Crippen LogP contribution in [0.25, 0.3) is 11.0 Å². The molecule has 0 saturated heterocycles. The molecule has 0 fully saturated rings. The van der Waals surface area contributed by atoms with E-state index in [-0.39, 0.29) is 5.69 Å². The van der Waals surface area contributed by atoms with Crippen LogP contribution < -0.4 is 11.1 Å². The van der Waals surface area contributed by atoms with Crippen LogP contribution in [0.5, 0.6) is 0 Å². The van der Waals surface area contributed by atoms with Crippen LogP contribution in [0.15, 0.2) is 48.7 Å². The quantitative estimate of drug-likeness (QED) is 0.593. The normalized spacial score (nSPS) is 13.3. The van der Waals surface area contributed by atoms with E-state index in [2.05, 4.69) is 15.4 Å². The zero-order valence-electron chi connectivity index (χ0n) is 14.2. The zero-order valence-corrected chi connectivity index (χ0v) is 14.2. The number of hydrogen-bond acceptors (Lipinski definition) is 5. The number of primary amides is 1. The van der Waals surface area contributed by atoms with Crippen LogP contribution in [0, 0.1) is 0 Å². The van der Waals surface area contributed by atoms with Gasteiger partial charge in [-0.15, -0.1) is 0 Å². The van der Waals surface area contributed by atoms with Crippen molar-refractivity contribution in [2.24, 2.45) is 5.73 Å². The van der Waals surface area contributed by atoms with Gasteiger partial charge in [-0.05, 0) is 24.6 Å². The molecule has 0 aliphatic heterocycles. The van der Waals surface area contributed by atoms with Gasteiger partial charge in [-0.3, -0.25) is 9.59 Å². The molecule has 0 bridgehead atoms. The molecule has 0 radical (unpaired) electrons. The lowest BCUT2D eigenvalue weighted by molar-refractivity contribution is -0.122. The van der Waals surface area contributed by atoms with E-state index in [1.807, 2.05) is 30.3 Å². The van der Waals surface area contributed by atoms with Crippen LogP contribution in [0.2, 0.25) is 0 Å². The minimum atomic E-state index is -1.20. The van der Waals surface area contributed by atoms with E-state index in [9.17, 15) is 14.7 Å². The lowest BCUT2D eigenvalue weighted by Gasteiger charge is -2.17. The van der Waals surface area contributed by atoms with Gasteiger partial charge < -0.3 is 16.2 Å². The summed E-state index contributed by atoms with van der Waals surface area (Å²) < 4.78 is 1.63. The minimum Gasteiger partial charge on any atom is -0.391 e. The molecule has 2 atom stereocenters. The predicted molar refractivity (Wildman–Crippen MR) is 95.2 cm³/mol. The van der Waals surface area contributed by atoms with Gasteiger partial charge in [-0.1, -0.05) is 30.3 Å². The third-order valence-electron chi connectivity index (χ3n) is 3.97. The SMILES string of the molecule is C[C@@H](O)[C@H](NC(=O)c1nn(Cc2ccccc2)c2ncccc12)C(N)=O. The molecule has 0 saturated carbocycles. The number of aliphatic hydroxyl groups excluding tert-OH is 1. The van der Waals surface area contributed by atoms with Crippen molar-refractivity contribution in [1.29, 1.82) is 0 Å². The first-order valence-electron chi connectivity index (χ1n) is 8.11. The van der Waals surface area contributed by atoms with Gasteiger partial charge in [-0.25, -0.2) is 9.67 Å². The molecule has 0 unspecified atom stereocenters. The molecule has 3 aromatic rings. The maximum absolute atomic E-state index is 12.6. The van der Waals surface area contributed by atoms with Crippen molar-refractivity contribution >= 4 is 22.8 Å². The third kappa shape index (κ3) is 3.55. The van der Waals surface area contributed by atoms with Crippen LogP contribution >= 0.6 is 0 Å². The van der Waals surface area contributed by atoms with Crippen LogP contribution in [0.3, 0.4) is 0 Å². The number of rotatable bonds is 6. The van der Waals surface area contributed by atoms with Crippen LogP contribution in [0.1, 0.15) is 23.0 Å². The number of benzene rings is 1. The highest BCUT2D eigenvalue weighted by molar-refractivity contribution is 6.05. The van der Waals surface area contributed by atoms with Gasteiger partial charge in [0, 0.05) is 6.20 Å². The Labute approximate surface area is 149 Å². The summed E-state index contributed by atoms with van der Waals surface area (Å²) >= 11 is 0. The summed E-state index contributed by atoms with van der Waals surface area (Å²) in [5.74, 6) is -1.42. The fraction of sp³-hybridized carbons (Fsp3) is 0.222. The summed E-state index contributed by atoms with van der Waals surface area (Å²) in [4.78, 5) is 28.3. The molecular weight excluding hydrogens is 334 g/mol. The molecule has 2 aromatic heterocycles. The topological polar surface area (TPSA) is 123 Å². The van der Waals surface area contributed by atoms with Crippen molar-refractivity contribution in [2.75, 3.05) is 0 Å². The minimum absolute atomic E-state index is 0.121. The number of nitrogens with two attached hydrogens (primary N) is 1. The molecule has 1 aromatic carbocycles. The van der Waals surface area contributed by atoms with Gasteiger partial charge in [0.1, 0.15) is 6.04 Å². The maximum atomic E-state index is 12.6. The van der Waals surface area contributed by atoms with Gasteiger partial charge in [0.05, 0.1) is 18.0 Å². The summed E-state index contributed by atoms with van der Waals surface area (Å²) in [7, 11) is 0. The van der Waals surface area contributed by atoms with Gasteiger partial charge in [0.15, 0.2) is 11.3 Å². The number of carbonyl (C=O) groups excluding carboxylic acids is 2. The Morgan fingerprint density at radius 2 is 1.96 bits per heavy atom. The molecule has 8 nitrogen and oxygen atoms in total. The Morgan fingerprint density at radius 1 is 1.23 bits per heavy atom. The van der Waals surface area contributed by atoms with Crippen LogP contribution in [-0.4, -0.2) is 43.8 Å². The summed E-state index contributed by atoms with van der Waals surface area (Å²) in [5.41, 5.74) is 6.91. The number of pyridine rings is 1. The van der Waals surface area contributed by atoms with Crippen molar-refractivity contribution in [1.82, 2.24) is 20.1 Å². The highest BCUT2D eigenvalue weighted by atomic mass is 16.3. The first kappa shape index (κ1) is 17.6. The Bertz CT molecular complexity index is 936. The third-order valence-corrected chi connectivity index (χ3v) is 3.97. The predicted octanol–water partition coefficient (Wildman–Crippen LogP) is 0.444. The molecule has 0 aliphatic carbocycles. The van der Waals surface area contributed by atoms with Gasteiger partial charge in [0.25, 0.3) is 5.91 Å². The van der Waals surface area contributed by atoms with Crippen molar-refractivity contribution < 1.29 is 14.7 Å². The number of hydrogen-bond donors (Lipinski definition) is 3. The fourth-order valence-electron chi connectivity index (χ4n) is 2.68. The molecule has 0 aliphatic rings. The van der Waals surface area contributed by atoms with Gasteiger partial charge in [-0.2, -0.15) is 5.10 Å². The highest BCUT2D eigenvalue weighted by Gasteiger charge is 2.26. The number of aromatic nitrogens is 3. The number of nitrogens with one attached hydrogen (secondary N) is 1. The van der Waals surface area contributed by atoms with E-state index < -0.39 is 24.0 Å². The largest absolute Gasteiger partial charge is 0.391 e. The smallest absolute Gasteiger partial charge is 0.273 e. The monoisotopic (exact) mass is 353 g/mol. The fourth-order valence-corrected chi connectivity index (χ4v) is 2.68. The molecule has 8 heteroatoms. The molecule has 2 amide bonds. The number of amides is 2. The second-order valence-electron chi connectivity index (χ2n) is 5.96. The Kier molecular flexibility index (Phi) is 4.94. The summed E-state index contributed by atoms with van der Waals surface area (Å²) in [6.07, 6.45) is 0.502. The standard InChI is InChI=1S/C18H19N5O3/c1-11(24)14(16(19)25)21-18(26)15-13-8-5-9-20-17(13)23(22-15)10-12-6-3-2-4-7-12/h2-9,11,14,24H,10H2,1H3,(H2,19,25)(H,21,26)/t11-,14+/m1/s1. The number of aliphatic hydroxyl groups is 1. The average Bonchev–Trinajstić information content (AvgIpc) is 2.99. The molecule has 2 heterocycles. The van der Waals surface area contributed by atoms with Crippen molar-refractivity contribution in [3.05, 3.63) is 59.9 Å². The number of fused-ring (bicyclic) bond motifs is 1. The van der Waals surface area contributed by atoms with E-state index in [0.29, 0.717) is 17.6 Å². The second-order valence-corrected chi connectivity index (χ2v) is 5.96. The van der Waals surface area contributed by atoms with E-state index in [0.717, 1.165) is 5.56 Å². The molecule has 3 rings (SSSR count). The highest BCUT2D eigenvalue weighted by Crippen LogP contribution is 2.18. The van der Waals surface area contributed by atoms with Gasteiger partial charge in [0.2, 0.25) is 5.91 Å². The van der Waals surface area contributed by atoms with Gasteiger partial charge >= 0.3 is 0 Å². The van der Waals surface area contributed by atoms with E-state index >= 15 is 0 Å². The molecule has 26 heavy (non-hydrogen) atoms. The molecule has 134 valence electrons. The van der Waals surface area contributed by atoms with Crippen molar-refractivity contribution in [3.63, 3.8) is 0 Å². The Morgan fingerprint density at radius 3 is 2.62 bits per heavy atom. The van der Waals surface area contributed by atoms with E-state index in [4.69, 9.17) is 5.73 Å². The number of carbonyl (C=O) groups is 2. The van der Waals surface area contributed by atoms with E-state index in [1.54, 1.807) is 23.0 Å². The Balaban J connectivity index is 1.96. The summed E-state index contributed by atoms with van der Waals surface area (Å²) in [6, 6.07) is 11.9. The lowest BCUT2D eigenvalue weighted by atomic mass is 10.1. The Hall–Kier alpha value is -3.26. The first-order chi connectivity index (χ1) is 12.5. The molecule has 4 N–H and O–H groups in total. The molecular formula is C18H19N5O3. The van der Waals surface area contributed by atoms with E-state index in [1.165, 1.54) is 6.92 Å². The molecule has 0 spiro atoms. The second kappa shape index (κ2) is 7.32. The first-order valence-corrected chi connectivity index (χ1v) is 8.11. The van der Waals surface area contributed by atoms with Crippen LogP contribution in [-0.2, 0) is 11.3 Å². The van der Waals surface area contributed by atoms with Crippen molar-refractivity contribution in [2.45, 2.75) is 25.6 Å². The van der Waals surface area contributed by atoms with Crippen LogP contribution in [0.4, 0.5) is 0 Å². The zero-order chi connectivity index (χ0) is 18.7. The van der Waals surface area contributed by atoms with Crippen molar-refractivity contribution in [3.8, 4) is 0 Å². The average molecular weight is 353 g/mol. The number of nitrogens with zero attached hydrogens (tertiary/aromatic N) is 3. The lowest BCUT2D eigenvalue weighted by Crippen LogP contribution is -2.50. The maximum Gasteiger partial charge on any atom is 0.273 e. The summed E-state index contributed by atoms with van der Waals surface area (Å²) in [5, 5.41) is 17.0. The summed E-state index contributed by atoms with van der Waals surface area (Å²) in [6.45, 7) is 1.82.